The van der Waals surface area contributed by atoms with Crippen molar-refractivity contribution >= 4 is 21.9 Å². The van der Waals surface area contributed by atoms with Crippen LogP contribution in [0.3, 0.4) is 0 Å². The number of furan rings is 1. The van der Waals surface area contributed by atoms with Crippen LogP contribution < -0.4 is 4.57 Å². The molecule has 4 heteroatoms. The molecular formula is C23H19N3O. The number of rotatable bonds is 2. The Labute approximate surface area is 157 Å². The van der Waals surface area contributed by atoms with E-state index in [1.165, 1.54) is 11.1 Å². The number of imidazole rings is 1. The number of fused-ring (bicyclic) bond motifs is 3. The normalized spacial score (nSPS) is 11.5. The lowest BCUT2D eigenvalue weighted by Crippen LogP contribution is -2.24. The molecule has 0 aliphatic heterocycles. The predicted octanol–water partition coefficient (Wildman–Crippen LogP) is 4.68. The van der Waals surface area contributed by atoms with E-state index in [4.69, 9.17) is 4.42 Å². The smallest absolute Gasteiger partial charge is 0.243 e. The number of nitrogens with zero attached hydrogens (tertiary/aromatic N) is 3. The second kappa shape index (κ2) is 5.81. The summed E-state index contributed by atoms with van der Waals surface area (Å²) in [5.74, 6) is 0. The Hall–Kier alpha value is -3.40. The topological polar surface area (TPSA) is 34.8 Å². The summed E-state index contributed by atoms with van der Waals surface area (Å²) in [6.45, 7) is 4.20. The van der Waals surface area contributed by atoms with E-state index >= 15 is 0 Å². The van der Waals surface area contributed by atoms with Gasteiger partial charge in [-0.15, -0.1) is 0 Å². The lowest BCUT2D eigenvalue weighted by molar-refractivity contribution is -0.674. The van der Waals surface area contributed by atoms with Gasteiger partial charge in [0.25, 0.3) is 0 Å². The number of hydrogen-bond donors (Lipinski definition) is 0. The molecule has 0 radical (unpaired) electrons. The van der Waals surface area contributed by atoms with E-state index < -0.39 is 0 Å². The molecule has 0 aliphatic carbocycles. The molecule has 0 atom stereocenters. The molecule has 0 bridgehead atoms. The summed E-state index contributed by atoms with van der Waals surface area (Å²) in [5.41, 5.74) is 7.16. The number of para-hydroxylation sites is 1. The lowest BCUT2D eigenvalue weighted by Gasteiger charge is -2.09. The van der Waals surface area contributed by atoms with Gasteiger partial charge in [0.2, 0.25) is 6.33 Å². The van der Waals surface area contributed by atoms with Gasteiger partial charge in [0, 0.05) is 29.4 Å². The van der Waals surface area contributed by atoms with Crippen LogP contribution in [0.15, 0.2) is 65.5 Å². The molecule has 5 rings (SSSR count). The Morgan fingerprint density at radius 3 is 2.67 bits per heavy atom. The first-order valence-electron chi connectivity index (χ1n) is 8.96. The first-order valence-corrected chi connectivity index (χ1v) is 8.96. The van der Waals surface area contributed by atoms with Crippen molar-refractivity contribution in [3.63, 3.8) is 0 Å². The number of pyridine rings is 1. The summed E-state index contributed by atoms with van der Waals surface area (Å²) in [4.78, 5) is 4.67. The van der Waals surface area contributed by atoms with Crippen molar-refractivity contribution in [2.24, 2.45) is 7.05 Å². The zero-order valence-electron chi connectivity index (χ0n) is 15.5. The predicted molar refractivity (Wildman–Crippen MR) is 106 cm³/mol. The molecule has 27 heavy (non-hydrogen) atoms. The fourth-order valence-electron chi connectivity index (χ4n) is 3.46. The second-order valence-corrected chi connectivity index (χ2v) is 7.00. The van der Waals surface area contributed by atoms with E-state index in [9.17, 15) is 0 Å². The van der Waals surface area contributed by atoms with Crippen LogP contribution in [0.2, 0.25) is 0 Å². The van der Waals surface area contributed by atoms with Gasteiger partial charge in [-0.3, -0.25) is 4.98 Å². The van der Waals surface area contributed by atoms with Crippen LogP contribution in [0.5, 0.6) is 0 Å². The Morgan fingerprint density at radius 1 is 1.04 bits per heavy atom. The molecule has 0 aliphatic rings. The van der Waals surface area contributed by atoms with Crippen LogP contribution in [-0.2, 0) is 7.05 Å². The van der Waals surface area contributed by atoms with Crippen molar-refractivity contribution in [2.75, 3.05) is 0 Å². The van der Waals surface area contributed by atoms with E-state index in [2.05, 4.69) is 49.4 Å². The van der Waals surface area contributed by atoms with Crippen LogP contribution in [0.25, 0.3) is 38.9 Å². The zero-order valence-corrected chi connectivity index (χ0v) is 15.5. The highest BCUT2D eigenvalue weighted by Gasteiger charge is 2.15. The highest BCUT2D eigenvalue weighted by molar-refractivity contribution is 6.09. The lowest BCUT2D eigenvalue weighted by atomic mass is 10.0. The molecule has 2 aromatic carbocycles. The van der Waals surface area contributed by atoms with Gasteiger partial charge in [-0.25, -0.2) is 0 Å². The third-order valence-corrected chi connectivity index (χ3v) is 5.09. The minimum absolute atomic E-state index is 0.858. The first-order chi connectivity index (χ1) is 13.1. The van der Waals surface area contributed by atoms with Crippen molar-refractivity contribution in [3.8, 4) is 16.9 Å². The van der Waals surface area contributed by atoms with E-state index in [-0.39, 0.29) is 0 Å². The van der Waals surface area contributed by atoms with E-state index in [0.29, 0.717) is 0 Å². The summed E-state index contributed by atoms with van der Waals surface area (Å²) in [5, 5.41) is 2.19. The standard InChI is InChI=1S/C23H19N3O/c1-15-10-20(24-13-16(15)2)17-11-19-18-6-4-5-7-22(18)27-23(19)21(12-17)26-9-8-25(3)14-26/h4-13H,1-3H3. The van der Waals surface area contributed by atoms with Crippen molar-refractivity contribution in [1.82, 2.24) is 9.55 Å². The highest BCUT2D eigenvalue weighted by atomic mass is 16.3. The van der Waals surface area contributed by atoms with Crippen LogP contribution >= 0.6 is 0 Å². The largest absolute Gasteiger partial charge is 0.462 e. The molecule has 0 fully saturated rings. The van der Waals surface area contributed by atoms with Crippen LogP contribution in [0.1, 0.15) is 11.1 Å². The fourth-order valence-corrected chi connectivity index (χ4v) is 3.46. The minimum atomic E-state index is 0.858. The Bertz CT molecular complexity index is 1310. The maximum atomic E-state index is 6.21. The van der Waals surface area contributed by atoms with Gasteiger partial charge in [-0.05, 0) is 54.8 Å². The van der Waals surface area contributed by atoms with Gasteiger partial charge >= 0.3 is 0 Å². The fraction of sp³-hybridized carbons (Fsp3) is 0.130. The van der Waals surface area contributed by atoms with E-state index in [1.807, 2.05) is 53.0 Å². The monoisotopic (exact) mass is 353 g/mol. The number of hydrogen-bond acceptors (Lipinski definition) is 2. The van der Waals surface area contributed by atoms with Gasteiger partial charge in [-0.1, -0.05) is 18.2 Å². The minimum Gasteiger partial charge on any atom is -0.462 e. The van der Waals surface area contributed by atoms with Crippen LogP contribution in [-0.4, -0.2) is 9.55 Å². The van der Waals surface area contributed by atoms with Gasteiger partial charge in [0.05, 0.1) is 18.4 Å². The Balaban J connectivity index is 1.86. The number of aromatic nitrogens is 3. The molecule has 3 aromatic heterocycles. The molecular weight excluding hydrogens is 334 g/mol. The molecule has 0 N–H and O–H groups in total. The first kappa shape index (κ1) is 15.8. The average molecular weight is 353 g/mol. The number of aryl methyl sites for hydroxylation is 3. The summed E-state index contributed by atoms with van der Waals surface area (Å²) in [6, 6.07) is 14.6. The molecule has 0 spiro atoms. The molecule has 0 unspecified atom stereocenters. The second-order valence-electron chi connectivity index (χ2n) is 7.00. The van der Waals surface area contributed by atoms with Gasteiger partial charge in [0.15, 0.2) is 0 Å². The third-order valence-electron chi connectivity index (χ3n) is 5.09. The summed E-state index contributed by atoms with van der Waals surface area (Å²) in [6.07, 6.45) is 9.17. The maximum Gasteiger partial charge on any atom is 0.243 e. The molecule has 3 heterocycles. The van der Waals surface area contributed by atoms with E-state index in [0.717, 1.165) is 38.9 Å². The molecule has 132 valence electrons. The average Bonchev–Trinajstić information content (AvgIpc) is 3.27. The van der Waals surface area contributed by atoms with Crippen LogP contribution in [0.4, 0.5) is 0 Å². The number of benzene rings is 2. The molecule has 5 aromatic rings. The quantitative estimate of drug-likeness (QED) is 0.341. The van der Waals surface area contributed by atoms with Gasteiger partial charge in [0.1, 0.15) is 11.2 Å². The van der Waals surface area contributed by atoms with E-state index in [1.54, 1.807) is 0 Å². The zero-order chi connectivity index (χ0) is 18.5. The SMILES string of the molecule is Cc1cnc(-c2cc(-n3[c-][n+](C)cc3)c3oc4ccccc4c3c2)cc1C. The Kier molecular flexibility index (Phi) is 3.41. The van der Waals surface area contributed by atoms with Crippen LogP contribution in [0, 0.1) is 20.2 Å². The van der Waals surface area contributed by atoms with Crippen molar-refractivity contribution < 1.29 is 8.98 Å². The van der Waals surface area contributed by atoms with Crippen molar-refractivity contribution in [2.45, 2.75) is 13.8 Å². The molecule has 0 saturated heterocycles. The molecule has 4 nitrogen and oxygen atoms in total. The van der Waals surface area contributed by atoms with Crippen molar-refractivity contribution in [1.29, 1.82) is 0 Å². The summed E-state index contributed by atoms with van der Waals surface area (Å²) >= 11 is 0. The van der Waals surface area contributed by atoms with Gasteiger partial charge < -0.3 is 13.6 Å². The summed E-state index contributed by atoms with van der Waals surface area (Å²) in [7, 11) is 1.96. The third kappa shape index (κ3) is 2.53. The Morgan fingerprint density at radius 2 is 1.89 bits per heavy atom. The van der Waals surface area contributed by atoms with Gasteiger partial charge in [-0.2, -0.15) is 0 Å². The molecule has 0 saturated carbocycles. The summed E-state index contributed by atoms with van der Waals surface area (Å²) < 4.78 is 10.1. The van der Waals surface area contributed by atoms with Crippen molar-refractivity contribution in [3.05, 3.63) is 78.5 Å². The highest BCUT2D eigenvalue weighted by Crippen LogP contribution is 2.36. The molecule has 0 amide bonds. The maximum absolute atomic E-state index is 6.21.